The molecule has 0 fully saturated rings. The zero-order valence-corrected chi connectivity index (χ0v) is 13.9. The van der Waals surface area contributed by atoms with Crippen LogP contribution < -0.4 is 10.2 Å². The van der Waals surface area contributed by atoms with E-state index in [-0.39, 0.29) is 11.5 Å². The number of esters is 1. The molecule has 0 aliphatic rings. The number of carbonyl (C=O) groups is 1. The van der Waals surface area contributed by atoms with E-state index in [9.17, 15) is 9.59 Å². The fourth-order valence-electron chi connectivity index (χ4n) is 2.67. The quantitative estimate of drug-likeness (QED) is 0.508. The molecule has 0 amide bonds. The molecule has 0 radical (unpaired) electrons. The Bertz CT molecular complexity index is 1140. The SMILES string of the molecule is Cc1ccc2c(=O)c(OC(=O)c3ccccc3)c(-c3ccco3)oc2c1. The van der Waals surface area contributed by atoms with Crippen molar-refractivity contribution in [2.75, 3.05) is 0 Å². The maximum Gasteiger partial charge on any atom is 0.343 e. The van der Waals surface area contributed by atoms with Gasteiger partial charge in [-0.05, 0) is 48.9 Å². The summed E-state index contributed by atoms with van der Waals surface area (Å²) in [7, 11) is 0. The van der Waals surface area contributed by atoms with E-state index in [4.69, 9.17) is 13.6 Å². The molecule has 4 aromatic rings. The fraction of sp³-hybridized carbons (Fsp3) is 0.0476. The van der Waals surface area contributed by atoms with Gasteiger partial charge in [-0.1, -0.05) is 24.3 Å². The van der Waals surface area contributed by atoms with Gasteiger partial charge in [0.25, 0.3) is 0 Å². The van der Waals surface area contributed by atoms with Crippen molar-refractivity contribution in [2.45, 2.75) is 6.92 Å². The normalized spacial score (nSPS) is 10.8. The second-order valence-electron chi connectivity index (χ2n) is 5.82. The second-order valence-corrected chi connectivity index (χ2v) is 5.82. The van der Waals surface area contributed by atoms with Gasteiger partial charge in [-0.15, -0.1) is 0 Å². The first kappa shape index (κ1) is 15.9. The van der Waals surface area contributed by atoms with E-state index >= 15 is 0 Å². The zero-order chi connectivity index (χ0) is 18.1. The summed E-state index contributed by atoms with van der Waals surface area (Å²) in [6.45, 7) is 1.90. The van der Waals surface area contributed by atoms with Gasteiger partial charge in [-0.25, -0.2) is 4.79 Å². The molecule has 128 valence electrons. The van der Waals surface area contributed by atoms with Crippen molar-refractivity contribution in [3.63, 3.8) is 0 Å². The van der Waals surface area contributed by atoms with E-state index in [0.717, 1.165) is 5.56 Å². The molecule has 0 saturated heterocycles. The summed E-state index contributed by atoms with van der Waals surface area (Å²) in [6, 6.07) is 17.0. The molecule has 0 atom stereocenters. The highest BCUT2D eigenvalue weighted by atomic mass is 16.5. The van der Waals surface area contributed by atoms with Crippen LogP contribution in [0.4, 0.5) is 0 Å². The molecule has 0 saturated carbocycles. The third-order valence-corrected chi connectivity index (χ3v) is 3.96. The van der Waals surface area contributed by atoms with Crippen molar-refractivity contribution in [1.29, 1.82) is 0 Å². The smallest absolute Gasteiger partial charge is 0.343 e. The van der Waals surface area contributed by atoms with E-state index in [1.165, 1.54) is 6.26 Å². The molecule has 0 aliphatic heterocycles. The minimum atomic E-state index is -0.642. The predicted octanol–water partition coefficient (Wildman–Crippen LogP) is 4.58. The summed E-state index contributed by atoms with van der Waals surface area (Å²) in [4.78, 5) is 25.4. The summed E-state index contributed by atoms with van der Waals surface area (Å²) in [5.74, 6) is -0.439. The molecule has 0 spiro atoms. The van der Waals surface area contributed by atoms with E-state index in [1.54, 1.807) is 60.7 Å². The van der Waals surface area contributed by atoms with Gasteiger partial charge >= 0.3 is 5.97 Å². The monoisotopic (exact) mass is 346 g/mol. The Morgan fingerprint density at radius 1 is 1.00 bits per heavy atom. The maximum atomic E-state index is 12.9. The highest BCUT2D eigenvalue weighted by Crippen LogP contribution is 2.31. The van der Waals surface area contributed by atoms with Gasteiger partial charge in [0, 0.05) is 0 Å². The molecule has 0 bridgehead atoms. The van der Waals surface area contributed by atoms with Crippen LogP contribution in [-0.4, -0.2) is 5.97 Å². The predicted molar refractivity (Wildman–Crippen MR) is 96.3 cm³/mol. The number of aryl methyl sites for hydroxylation is 1. The van der Waals surface area contributed by atoms with Crippen LogP contribution >= 0.6 is 0 Å². The number of hydrogen-bond donors (Lipinski definition) is 0. The average Bonchev–Trinajstić information content (AvgIpc) is 3.19. The van der Waals surface area contributed by atoms with Gasteiger partial charge in [0.1, 0.15) is 5.58 Å². The molecule has 2 heterocycles. The van der Waals surface area contributed by atoms with Crippen LogP contribution in [-0.2, 0) is 0 Å². The van der Waals surface area contributed by atoms with Crippen LogP contribution in [0.1, 0.15) is 15.9 Å². The molecule has 0 unspecified atom stereocenters. The molecule has 0 aliphatic carbocycles. The standard InChI is InChI=1S/C21H14O5/c1-13-9-10-15-17(12-13)25-19(16-8-5-11-24-16)20(18(15)22)26-21(23)14-6-3-2-4-7-14/h2-12H,1H3. The summed E-state index contributed by atoms with van der Waals surface area (Å²) in [5.41, 5.74) is 1.25. The topological polar surface area (TPSA) is 69.7 Å². The molecule has 2 aromatic heterocycles. The number of hydrogen-bond acceptors (Lipinski definition) is 5. The first-order valence-electron chi connectivity index (χ1n) is 8.02. The highest BCUT2D eigenvalue weighted by Gasteiger charge is 2.22. The van der Waals surface area contributed by atoms with Crippen molar-refractivity contribution in [3.05, 3.63) is 88.3 Å². The largest absolute Gasteiger partial charge is 0.461 e. The van der Waals surface area contributed by atoms with Gasteiger partial charge in [0.15, 0.2) is 5.76 Å². The minimum Gasteiger partial charge on any atom is -0.461 e. The molecule has 26 heavy (non-hydrogen) atoms. The van der Waals surface area contributed by atoms with Crippen LogP contribution in [0.2, 0.25) is 0 Å². The number of carbonyl (C=O) groups excluding carboxylic acids is 1. The molecule has 5 heteroatoms. The number of fused-ring (bicyclic) bond motifs is 1. The summed E-state index contributed by atoms with van der Waals surface area (Å²) in [6.07, 6.45) is 1.46. The Hall–Kier alpha value is -3.60. The molecule has 2 aromatic carbocycles. The third-order valence-electron chi connectivity index (χ3n) is 3.96. The lowest BCUT2D eigenvalue weighted by Gasteiger charge is -2.09. The van der Waals surface area contributed by atoms with Crippen molar-refractivity contribution < 1.29 is 18.4 Å². The van der Waals surface area contributed by atoms with Crippen molar-refractivity contribution in [2.24, 2.45) is 0 Å². The Morgan fingerprint density at radius 3 is 2.54 bits per heavy atom. The van der Waals surface area contributed by atoms with Crippen molar-refractivity contribution >= 4 is 16.9 Å². The Balaban J connectivity index is 1.90. The van der Waals surface area contributed by atoms with Gasteiger partial charge < -0.3 is 13.6 Å². The maximum absolute atomic E-state index is 12.9. The first-order valence-corrected chi connectivity index (χ1v) is 8.02. The van der Waals surface area contributed by atoms with Crippen LogP contribution in [0.15, 0.2) is 80.6 Å². The molecule has 4 rings (SSSR count). The second kappa shape index (κ2) is 6.37. The van der Waals surface area contributed by atoms with Crippen LogP contribution in [0.3, 0.4) is 0 Å². The van der Waals surface area contributed by atoms with Gasteiger partial charge in [0.2, 0.25) is 16.9 Å². The summed E-state index contributed by atoms with van der Waals surface area (Å²) < 4.78 is 16.6. The molecule has 0 N–H and O–H groups in total. The van der Waals surface area contributed by atoms with Gasteiger partial charge in [-0.3, -0.25) is 4.79 Å². The average molecular weight is 346 g/mol. The van der Waals surface area contributed by atoms with Crippen molar-refractivity contribution in [3.8, 4) is 17.3 Å². The number of rotatable bonds is 3. The Morgan fingerprint density at radius 2 is 1.81 bits per heavy atom. The summed E-state index contributed by atoms with van der Waals surface area (Å²) >= 11 is 0. The van der Waals surface area contributed by atoms with E-state index in [2.05, 4.69) is 0 Å². The van der Waals surface area contributed by atoms with Gasteiger partial charge in [-0.2, -0.15) is 0 Å². The molecule has 5 nitrogen and oxygen atoms in total. The molecular formula is C21H14O5. The van der Waals surface area contributed by atoms with Crippen molar-refractivity contribution in [1.82, 2.24) is 0 Å². The van der Waals surface area contributed by atoms with Crippen LogP contribution in [0, 0.1) is 6.92 Å². The Labute approximate surface area is 148 Å². The van der Waals surface area contributed by atoms with E-state index < -0.39 is 11.4 Å². The zero-order valence-electron chi connectivity index (χ0n) is 13.9. The van der Waals surface area contributed by atoms with E-state index in [0.29, 0.717) is 22.3 Å². The number of furan rings is 1. The molecular weight excluding hydrogens is 332 g/mol. The lowest BCUT2D eigenvalue weighted by molar-refractivity contribution is 0.0731. The lowest BCUT2D eigenvalue weighted by atomic mass is 10.1. The number of ether oxygens (including phenoxy) is 1. The van der Waals surface area contributed by atoms with Crippen LogP contribution in [0.25, 0.3) is 22.5 Å². The first-order chi connectivity index (χ1) is 12.6. The number of benzene rings is 2. The highest BCUT2D eigenvalue weighted by molar-refractivity contribution is 5.92. The van der Waals surface area contributed by atoms with Crippen LogP contribution in [0.5, 0.6) is 5.75 Å². The van der Waals surface area contributed by atoms with E-state index in [1.807, 2.05) is 6.92 Å². The minimum absolute atomic E-state index is 0.0855. The fourth-order valence-corrected chi connectivity index (χ4v) is 2.67. The lowest BCUT2D eigenvalue weighted by Crippen LogP contribution is -2.16. The Kier molecular flexibility index (Phi) is 3.89. The summed E-state index contributed by atoms with van der Waals surface area (Å²) in [5, 5.41) is 0.335. The van der Waals surface area contributed by atoms with Gasteiger partial charge in [0.05, 0.1) is 17.2 Å². The third kappa shape index (κ3) is 2.80.